The summed E-state index contributed by atoms with van der Waals surface area (Å²) >= 11 is 1.44. The number of carbonyl (C=O) groups excluding carboxylic acids is 1. The van der Waals surface area contributed by atoms with Crippen molar-refractivity contribution in [3.8, 4) is 0 Å². The number of imidazole rings is 1. The summed E-state index contributed by atoms with van der Waals surface area (Å²) in [7, 11) is 0. The summed E-state index contributed by atoms with van der Waals surface area (Å²) in [4.78, 5) is 24.8. The third-order valence-corrected chi connectivity index (χ3v) is 6.79. The number of amides is 1. The number of nitrogens with one attached hydrogen (secondary N) is 1. The summed E-state index contributed by atoms with van der Waals surface area (Å²) in [6.45, 7) is 7.30. The molecule has 1 aliphatic heterocycles. The fraction of sp³-hybridized carbons (Fsp3) is 0.409. The molecule has 3 heterocycles. The van der Waals surface area contributed by atoms with Gasteiger partial charge < -0.3 is 9.88 Å². The van der Waals surface area contributed by atoms with Crippen molar-refractivity contribution in [1.82, 2.24) is 24.8 Å². The van der Waals surface area contributed by atoms with Gasteiger partial charge in [0.25, 0.3) is 5.91 Å². The average Bonchev–Trinajstić information content (AvgIpc) is 3.40. The number of nitrogens with zero attached hydrogens (tertiary/aromatic N) is 4. The van der Waals surface area contributed by atoms with Crippen LogP contribution in [0, 0.1) is 0 Å². The number of hydrogen-bond donors (Lipinski definition) is 1. The summed E-state index contributed by atoms with van der Waals surface area (Å²) in [5.41, 5.74) is 0.640. The predicted molar refractivity (Wildman–Crippen MR) is 115 cm³/mol. The Morgan fingerprint density at radius 3 is 2.62 bits per heavy atom. The van der Waals surface area contributed by atoms with Gasteiger partial charge in [-0.15, -0.1) is 11.3 Å². The second-order valence-corrected chi connectivity index (χ2v) is 8.95. The highest BCUT2D eigenvalue weighted by molar-refractivity contribution is 7.11. The fourth-order valence-corrected chi connectivity index (χ4v) is 4.65. The Balaban J connectivity index is 1.38. The largest absolute Gasteiger partial charge is 0.416 e. The molecule has 3 aromatic rings. The van der Waals surface area contributed by atoms with E-state index in [-0.39, 0.29) is 11.9 Å². The second kappa shape index (κ2) is 9.03. The van der Waals surface area contributed by atoms with Gasteiger partial charge in [-0.25, -0.2) is 9.97 Å². The number of fused-ring (bicyclic) bond motifs is 1. The SMILES string of the molecule is CCN1CCn2c(C(=O)NC(C)c3cnc(Cc4ccc(C(F)(F)F)cc4)s3)cnc2C1. The molecule has 0 radical (unpaired) electrons. The Kier molecular flexibility index (Phi) is 6.34. The van der Waals surface area contributed by atoms with Gasteiger partial charge in [-0.1, -0.05) is 19.1 Å². The summed E-state index contributed by atoms with van der Waals surface area (Å²) in [6.07, 6.45) is -0.572. The molecule has 2 aromatic heterocycles. The molecule has 1 amide bonds. The van der Waals surface area contributed by atoms with E-state index in [2.05, 4.69) is 27.1 Å². The average molecular weight is 464 g/mol. The third-order valence-electron chi connectivity index (χ3n) is 5.61. The minimum Gasteiger partial charge on any atom is -0.343 e. The molecule has 1 aromatic carbocycles. The predicted octanol–water partition coefficient (Wildman–Crippen LogP) is 4.28. The van der Waals surface area contributed by atoms with Crippen LogP contribution >= 0.6 is 11.3 Å². The zero-order valence-electron chi connectivity index (χ0n) is 17.8. The number of aromatic nitrogens is 3. The van der Waals surface area contributed by atoms with E-state index in [9.17, 15) is 18.0 Å². The van der Waals surface area contributed by atoms with Crippen molar-refractivity contribution in [2.45, 2.75) is 45.6 Å². The topological polar surface area (TPSA) is 63.1 Å². The van der Waals surface area contributed by atoms with E-state index in [1.165, 1.54) is 23.5 Å². The number of benzene rings is 1. The Morgan fingerprint density at radius 1 is 1.19 bits per heavy atom. The van der Waals surface area contributed by atoms with Gasteiger partial charge in [0, 0.05) is 30.6 Å². The molecule has 32 heavy (non-hydrogen) atoms. The van der Waals surface area contributed by atoms with E-state index in [0.717, 1.165) is 59.6 Å². The van der Waals surface area contributed by atoms with Gasteiger partial charge in [0.05, 0.1) is 29.4 Å². The summed E-state index contributed by atoms with van der Waals surface area (Å²) < 4.78 is 40.1. The molecule has 6 nitrogen and oxygen atoms in total. The first kappa shape index (κ1) is 22.5. The smallest absolute Gasteiger partial charge is 0.343 e. The second-order valence-electron chi connectivity index (χ2n) is 7.80. The molecule has 1 unspecified atom stereocenters. The standard InChI is InChI=1S/C22H24F3N5OS/c1-3-29-8-9-30-17(11-26-19(30)13-29)21(31)28-14(2)18-12-27-20(32-18)10-15-4-6-16(7-5-15)22(23,24)25/h4-7,11-12,14H,3,8-10,13H2,1-2H3,(H,28,31). The first-order chi connectivity index (χ1) is 15.2. The van der Waals surface area contributed by atoms with Gasteiger partial charge in [0.2, 0.25) is 0 Å². The van der Waals surface area contributed by atoms with Crippen molar-refractivity contribution in [3.63, 3.8) is 0 Å². The van der Waals surface area contributed by atoms with E-state index in [1.54, 1.807) is 12.4 Å². The number of likely N-dealkylation sites (N-methyl/N-ethyl adjacent to an activating group) is 1. The first-order valence-corrected chi connectivity index (χ1v) is 11.2. The zero-order chi connectivity index (χ0) is 22.9. The summed E-state index contributed by atoms with van der Waals surface area (Å²) in [6, 6.07) is 4.86. The van der Waals surface area contributed by atoms with Gasteiger partial charge in [-0.2, -0.15) is 13.2 Å². The number of rotatable bonds is 6. The molecule has 0 aliphatic carbocycles. The van der Waals surface area contributed by atoms with Crippen LogP contribution in [0.2, 0.25) is 0 Å². The molecule has 1 aliphatic rings. The van der Waals surface area contributed by atoms with E-state index in [4.69, 9.17) is 0 Å². The van der Waals surface area contributed by atoms with Gasteiger partial charge >= 0.3 is 6.18 Å². The van der Waals surface area contributed by atoms with Gasteiger partial charge in [-0.05, 0) is 31.2 Å². The highest BCUT2D eigenvalue weighted by Crippen LogP contribution is 2.30. The van der Waals surface area contributed by atoms with Crippen molar-refractivity contribution in [3.05, 3.63) is 69.2 Å². The van der Waals surface area contributed by atoms with Crippen molar-refractivity contribution >= 4 is 17.2 Å². The van der Waals surface area contributed by atoms with Crippen molar-refractivity contribution in [2.24, 2.45) is 0 Å². The number of hydrogen-bond acceptors (Lipinski definition) is 5. The zero-order valence-corrected chi connectivity index (χ0v) is 18.6. The van der Waals surface area contributed by atoms with E-state index in [1.807, 2.05) is 11.5 Å². The Bertz CT molecular complexity index is 1090. The van der Waals surface area contributed by atoms with Crippen molar-refractivity contribution in [1.29, 1.82) is 0 Å². The molecule has 0 saturated carbocycles. The maximum atomic E-state index is 12.8. The van der Waals surface area contributed by atoms with Crippen LogP contribution < -0.4 is 5.32 Å². The Morgan fingerprint density at radius 2 is 1.94 bits per heavy atom. The highest BCUT2D eigenvalue weighted by Gasteiger charge is 2.30. The van der Waals surface area contributed by atoms with Crippen LogP contribution in [0.4, 0.5) is 13.2 Å². The van der Waals surface area contributed by atoms with Crippen LogP contribution in [0.1, 0.15) is 57.2 Å². The van der Waals surface area contributed by atoms with E-state index >= 15 is 0 Å². The lowest BCUT2D eigenvalue weighted by molar-refractivity contribution is -0.137. The third kappa shape index (κ3) is 4.86. The molecule has 0 bridgehead atoms. The maximum Gasteiger partial charge on any atom is 0.416 e. The van der Waals surface area contributed by atoms with E-state index < -0.39 is 11.7 Å². The van der Waals surface area contributed by atoms with Crippen molar-refractivity contribution < 1.29 is 18.0 Å². The Labute approximate surface area is 188 Å². The summed E-state index contributed by atoms with van der Waals surface area (Å²) in [5, 5.41) is 3.79. The maximum absolute atomic E-state index is 12.8. The lowest BCUT2D eigenvalue weighted by Crippen LogP contribution is -2.36. The molecule has 0 fully saturated rings. The van der Waals surface area contributed by atoms with Gasteiger partial charge in [-0.3, -0.25) is 9.69 Å². The van der Waals surface area contributed by atoms with Crippen LogP contribution in [0.25, 0.3) is 0 Å². The van der Waals surface area contributed by atoms with Crippen LogP contribution in [-0.4, -0.2) is 38.4 Å². The molecule has 10 heteroatoms. The highest BCUT2D eigenvalue weighted by atomic mass is 32.1. The number of alkyl halides is 3. The molecule has 1 atom stereocenters. The molecular formula is C22H24F3N5OS. The molecule has 1 N–H and O–H groups in total. The monoisotopic (exact) mass is 463 g/mol. The molecule has 0 spiro atoms. The van der Waals surface area contributed by atoms with Crippen LogP contribution in [0.3, 0.4) is 0 Å². The number of halogens is 3. The lowest BCUT2D eigenvalue weighted by Gasteiger charge is -2.27. The van der Waals surface area contributed by atoms with Crippen molar-refractivity contribution in [2.75, 3.05) is 13.1 Å². The quantitative estimate of drug-likeness (QED) is 0.593. The van der Waals surface area contributed by atoms with Crippen LogP contribution in [0.5, 0.6) is 0 Å². The minimum atomic E-state index is -4.34. The number of thiazole rings is 1. The van der Waals surface area contributed by atoms with E-state index in [0.29, 0.717) is 12.1 Å². The lowest BCUT2D eigenvalue weighted by atomic mass is 10.1. The fourth-order valence-electron chi connectivity index (χ4n) is 3.70. The molecule has 4 rings (SSSR count). The minimum absolute atomic E-state index is 0.182. The van der Waals surface area contributed by atoms with Gasteiger partial charge in [0.1, 0.15) is 11.5 Å². The van der Waals surface area contributed by atoms with Gasteiger partial charge in [0.15, 0.2) is 0 Å². The van der Waals surface area contributed by atoms with Crippen LogP contribution in [-0.2, 0) is 25.7 Å². The normalized spacial score (nSPS) is 15.4. The first-order valence-electron chi connectivity index (χ1n) is 10.4. The number of carbonyl (C=O) groups is 1. The summed E-state index contributed by atoms with van der Waals surface area (Å²) in [5.74, 6) is 0.714. The molecule has 0 saturated heterocycles. The van der Waals surface area contributed by atoms with Crippen LogP contribution in [0.15, 0.2) is 36.7 Å². The Hall–Kier alpha value is -2.72. The molecular weight excluding hydrogens is 439 g/mol. The molecule has 170 valence electrons.